The molecule has 69 valence electrons. The van der Waals surface area contributed by atoms with Crippen molar-refractivity contribution in [3.63, 3.8) is 0 Å². The van der Waals surface area contributed by atoms with Crippen molar-refractivity contribution in [2.45, 2.75) is 0 Å². The second-order valence-corrected chi connectivity index (χ2v) is 2.68. The van der Waals surface area contributed by atoms with Crippen molar-refractivity contribution in [2.75, 3.05) is 0 Å². The zero-order chi connectivity index (χ0) is 9.00. The zero-order valence-electron chi connectivity index (χ0n) is 5.04. The Kier molecular flexibility index (Phi) is 21.8. The summed E-state index contributed by atoms with van der Waals surface area (Å²) in [6, 6.07) is 0. The molecule has 0 aliphatic rings. The van der Waals surface area contributed by atoms with Gasteiger partial charge >= 0.3 is 91.1 Å². The molecular weight excluding hydrogens is 482 g/mol. The molecule has 12 heteroatoms. The van der Waals surface area contributed by atoms with Crippen LogP contribution in [0.5, 0.6) is 0 Å². The maximum absolute atomic E-state index is 8.55. The van der Waals surface area contributed by atoms with Crippen LogP contribution < -0.4 is 29.4 Å². The molecule has 0 N–H and O–H groups in total. The maximum Gasteiger partial charge on any atom is 3.00 e. The first-order valence-corrected chi connectivity index (χ1v) is 4.38. The van der Waals surface area contributed by atoms with E-state index in [1.807, 2.05) is 0 Å². The summed E-state index contributed by atoms with van der Waals surface area (Å²) in [5, 5.41) is 0. The smallest absolute Gasteiger partial charge is 0.822 e. The average Bonchev–Trinajstić information content (AvgIpc) is 1.12. The number of hydrogen-bond donors (Lipinski definition) is 0. The van der Waals surface area contributed by atoms with E-state index in [2.05, 4.69) is 0 Å². The minimum atomic E-state index is -5.39. The first kappa shape index (κ1) is 24.4. The molecule has 0 amide bonds. The predicted molar refractivity (Wildman–Crippen MR) is 15.2 cm³/mol. The van der Waals surface area contributed by atoms with E-state index in [0.717, 1.165) is 0 Å². The van der Waals surface area contributed by atoms with Crippen LogP contribution in [0.4, 0.5) is 0 Å². The van der Waals surface area contributed by atoms with Gasteiger partial charge in [0.2, 0.25) is 0 Å². The third kappa shape index (κ3) is 193. The molecule has 0 aliphatic heterocycles. The van der Waals surface area contributed by atoms with Crippen molar-refractivity contribution in [1.29, 1.82) is 0 Å². The Morgan fingerprint density at radius 1 is 0.667 bits per heavy atom. The molecular formula is CeEuO8P2. The van der Waals surface area contributed by atoms with Crippen molar-refractivity contribution < 1.29 is 130 Å². The fraction of sp³-hybridized carbons (Fsp3) is 0. The topological polar surface area (TPSA) is 172 Å². The molecule has 0 saturated carbocycles. The van der Waals surface area contributed by atoms with E-state index in [1.54, 1.807) is 0 Å². The number of hydrogen-bond acceptors (Lipinski definition) is 8. The monoisotopic (exact) mass is 483 g/mol. The van der Waals surface area contributed by atoms with E-state index in [1.165, 1.54) is 0 Å². The molecule has 0 aromatic heterocycles. The molecule has 12 heavy (non-hydrogen) atoms. The first-order chi connectivity index (χ1) is 4.00. The van der Waals surface area contributed by atoms with Crippen LogP contribution in [0.1, 0.15) is 0 Å². The molecule has 0 spiro atoms. The van der Waals surface area contributed by atoms with Gasteiger partial charge in [-0.15, -0.1) is 0 Å². The summed E-state index contributed by atoms with van der Waals surface area (Å²) in [5.74, 6) is 0. The van der Waals surface area contributed by atoms with E-state index in [9.17, 15) is 0 Å². The van der Waals surface area contributed by atoms with Crippen LogP contribution in [0.3, 0.4) is 0 Å². The van der Waals surface area contributed by atoms with Gasteiger partial charge < -0.3 is 38.5 Å². The van der Waals surface area contributed by atoms with Gasteiger partial charge in [-0.2, -0.15) is 15.6 Å². The summed E-state index contributed by atoms with van der Waals surface area (Å²) in [6.45, 7) is 0. The van der Waals surface area contributed by atoms with E-state index < -0.39 is 15.6 Å². The van der Waals surface area contributed by atoms with Crippen LogP contribution in [-0.4, -0.2) is 0 Å². The van der Waals surface area contributed by atoms with Crippen LogP contribution in [0.15, 0.2) is 0 Å². The Hall–Kier alpha value is 3.18. The van der Waals surface area contributed by atoms with E-state index in [4.69, 9.17) is 38.5 Å². The van der Waals surface area contributed by atoms with E-state index in [-0.39, 0.29) is 91.1 Å². The van der Waals surface area contributed by atoms with Crippen LogP contribution >= 0.6 is 15.6 Å². The van der Waals surface area contributed by atoms with Crippen molar-refractivity contribution in [3.05, 3.63) is 0 Å². The summed E-state index contributed by atoms with van der Waals surface area (Å²) in [4.78, 5) is 51.3. The summed E-state index contributed by atoms with van der Waals surface area (Å²) in [6.07, 6.45) is 0. The van der Waals surface area contributed by atoms with Crippen molar-refractivity contribution in [2.24, 2.45) is 0 Å². The van der Waals surface area contributed by atoms with Gasteiger partial charge in [0.25, 0.3) is 0 Å². The molecule has 0 saturated heterocycles. The Morgan fingerprint density at radius 3 is 0.667 bits per heavy atom. The van der Waals surface area contributed by atoms with Crippen molar-refractivity contribution in [1.82, 2.24) is 0 Å². The van der Waals surface area contributed by atoms with Gasteiger partial charge in [0, 0.05) is 0 Å². The normalized spacial score (nSPS) is 9.83. The van der Waals surface area contributed by atoms with Crippen LogP contribution in [0.25, 0.3) is 0 Å². The second kappa shape index (κ2) is 10.7. The standard InChI is InChI=1S/Ce.Eu.2H3O4P/c;;2*1-5(2,3)4/h;;2*(H3,1,2,3,4)/q2*+3;;/p-6. The van der Waals surface area contributed by atoms with Gasteiger partial charge in [0.05, 0.1) is 0 Å². The maximum atomic E-state index is 8.55. The molecule has 0 fully saturated rings. The number of rotatable bonds is 0. The van der Waals surface area contributed by atoms with Gasteiger partial charge in [-0.3, -0.25) is 0 Å². The average molecular weight is 482 g/mol. The van der Waals surface area contributed by atoms with E-state index in [0.29, 0.717) is 0 Å². The number of phosphoric acid groups is 2. The van der Waals surface area contributed by atoms with Crippen molar-refractivity contribution in [3.8, 4) is 0 Å². The molecule has 0 aromatic rings. The molecule has 0 aliphatic carbocycles. The molecule has 1 radical (unpaired) electrons. The SMILES string of the molecule is O=P([O-])([O-])[O-].O=P([O-])([O-])[O-].[Ce+3].[Eu+3]. The van der Waals surface area contributed by atoms with Gasteiger partial charge in [-0.05, 0) is 0 Å². The van der Waals surface area contributed by atoms with Gasteiger partial charge in [0.1, 0.15) is 0 Å². The third-order valence-electron chi connectivity index (χ3n) is 0. The molecule has 0 rings (SSSR count). The Labute approximate surface area is 142 Å². The summed E-state index contributed by atoms with van der Waals surface area (Å²) >= 11 is 0. The molecule has 8 nitrogen and oxygen atoms in total. The van der Waals surface area contributed by atoms with E-state index >= 15 is 0 Å². The van der Waals surface area contributed by atoms with Gasteiger partial charge in [-0.25, -0.2) is 0 Å². The molecule has 0 heterocycles. The largest absolute Gasteiger partial charge is 3.00 e. The molecule has 0 bridgehead atoms. The van der Waals surface area contributed by atoms with Crippen LogP contribution in [0.2, 0.25) is 0 Å². The second-order valence-electron chi connectivity index (χ2n) is 0.894. The molecule has 0 unspecified atom stereocenters. The van der Waals surface area contributed by atoms with Gasteiger partial charge in [-0.1, -0.05) is 0 Å². The summed E-state index contributed by atoms with van der Waals surface area (Å²) < 4.78 is 17.1. The van der Waals surface area contributed by atoms with Crippen molar-refractivity contribution >= 4 is 15.6 Å². The fourth-order valence-corrected chi connectivity index (χ4v) is 0. The Balaban J connectivity index is -0.0000000457. The fourth-order valence-electron chi connectivity index (χ4n) is 0. The Bertz CT molecular complexity index is 129. The minimum Gasteiger partial charge on any atom is -0.822 e. The third-order valence-corrected chi connectivity index (χ3v) is 0. The molecule has 0 atom stereocenters. The van der Waals surface area contributed by atoms with Crippen LogP contribution in [0, 0.1) is 91.1 Å². The minimum absolute atomic E-state index is 0. The zero-order valence-corrected chi connectivity index (χ0v) is 12.4. The Morgan fingerprint density at radius 2 is 0.667 bits per heavy atom. The predicted octanol–water partition coefficient (Wildman–Crippen LogP) is -5.65. The first-order valence-electron chi connectivity index (χ1n) is 1.46. The summed E-state index contributed by atoms with van der Waals surface area (Å²) in [5.41, 5.74) is 0. The van der Waals surface area contributed by atoms with Crippen LogP contribution in [-0.2, 0) is 9.13 Å². The quantitative estimate of drug-likeness (QED) is 0.308. The summed E-state index contributed by atoms with van der Waals surface area (Å²) in [7, 11) is -10.8. The van der Waals surface area contributed by atoms with Gasteiger partial charge in [0.15, 0.2) is 0 Å². The molecule has 0 aromatic carbocycles.